The molecule has 0 bridgehead atoms. The van der Waals surface area contributed by atoms with Gasteiger partial charge in [-0.15, -0.1) is 11.3 Å². The van der Waals surface area contributed by atoms with Crippen molar-refractivity contribution in [2.75, 3.05) is 23.7 Å². The summed E-state index contributed by atoms with van der Waals surface area (Å²) >= 11 is 1.56. The fourth-order valence-electron chi connectivity index (χ4n) is 2.41. The number of carbonyl (C=O) groups is 1. The van der Waals surface area contributed by atoms with Gasteiger partial charge in [-0.2, -0.15) is 0 Å². The van der Waals surface area contributed by atoms with Crippen LogP contribution in [0.15, 0.2) is 36.5 Å². The number of piperidine rings is 1. The van der Waals surface area contributed by atoms with Gasteiger partial charge in [0.05, 0.1) is 0 Å². The van der Waals surface area contributed by atoms with Gasteiger partial charge in [0.1, 0.15) is 0 Å². The van der Waals surface area contributed by atoms with Gasteiger partial charge < -0.3 is 10.6 Å². The average molecular weight is 302 g/mol. The van der Waals surface area contributed by atoms with Crippen LogP contribution in [0.5, 0.6) is 0 Å². The van der Waals surface area contributed by atoms with Crippen LogP contribution in [-0.4, -0.2) is 24.1 Å². The molecule has 1 atom stereocenters. The van der Waals surface area contributed by atoms with Crippen LogP contribution in [0.25, 0.3) is 0 Å². The van der Waals surface area contributed by atoms with Crippen molar-refractivity contribution >= 4 is 28.2 Å². The maximum absolute atomic E-state index is 11.9. The number of amides is 2. The van der Waals surface area contributed by atoms with Crippen molar-refractivity contribution in [3.05, 3.63) is 41.4 Å². The molecule has 1 aromatic carbocycles. The van der Waals surface area contributed by atoms with Gasteiger partial charge in [0.15, 0.2) is 5.13 Å². The predicted molar refractivity (Wildman–Crippen MR) is 86.0 cm³/mol. The molecule has 0 aliphatic carbocycles. The first-order valence-corrected chi connectivity index (χ1v) is 7.92. The average Bonchev–Trinajstić information content (AvgIpc) is 2.97. The number of para-hydroxylation sites is 1. The predicted octanol–water partition coefficient (Wildman–Crippen LogP) is 3.25. The van der Waals surface area contributed by atoms with Crippen LogP contribution >= 0.6 is 11.3 Å². The Hall–Kier alpha value is -1.92. The van der Waals surface area contributed by atoms with Crippen molar-refractivity contribution in [2.24, 2.45) is 0 Å². The van der Waals surface area contributed by atoms with E-state index in [1.165, 1.54) is 17.7 Å². The number of nitrogens with zero attached hydrogens (tertiary/aromatic N) is 1. The Balaban J connectivity index is 1.57. The molecule has 1 fully saturated rings. The number of anilines is 2. The molecule has 1 aromatic heterocycles. The molecular weight excluding hydrogens is 284 g/mol. The summed E-state index contributed by atoms with van der Waals surface area (Å²) in [5.41, 5.74) is 0.767. The highest BCUT2D eigenvalue weighted by Gasteiger charge is 2.18. The van der Waals surface area contributed by atoms with Crippen molar-refractivity contribution in [2.45, 2.75) is 18.8 Å². The lowest BCUT2D eigenvalue weighted by Gasteiger charge is -2.20. The smallest absolute Gasteiger partial charge is 0.316 e. The molecule has 0 radical (unpaired) electrons. The lowest BCUT2D eigenvalue weighted by atomic mass is 9.99. The fraction of sp³-hybridized carbons (Fsp3) is 0.333. The normalized spacial score (nSPS) is 18.2. The lowest BCUT2D eigenvalue weighted by Crippen LogP contribution is -2.27. The molecule has 6 heteroatoms. The van der Waals surface area contributed by atoms with Gasteiger partial charge in [-0.05, 0) is 31.5 Å². The maximum atomic E-state index is 11.9. The molecule has 1 aliphatic rings. The Bertz CT molecular complexity index is 593. The lowest BCUT2D eigenvalue weighted by molar-refractivity contribution is 0.262. The van der Waals surface area contributed by atoms with Gasteiger partial charge in [0.2, 0.25) is 0 Å². The number of thiazole rings is 1. The topological polar surface area (TPSA) is 66.0 Å². The number of hydrogen-bond donors (Lipinski definition) is 3. The molecule has 2 aromatic rings. The summed E-state index contributed by atoms with van der Waals surface area (Å²) in [6.45, 7) is 2.09. The number of aromatic nitrogens is 1. The summed E-state index contributed by atoms with van der Waals surface area (Å²) in [4.78, 5) is 17.4. The minimum atomic E-state index is -0.260. The highest BCUT2D eigenvalue weighted by atomic mass is 32.1. The molecule has 21 heavy (non-hydrogen) atoms. The van der Waals surface area contributed by atoms with Crippen molar-refractivity contribution in [1.29, 1.82) is 0 Å². The third kappa shape index (κ3) is 3.80. The molecule has 1 unspecified atom stereocenters. The molecule has 2 amide bonds. The first kappa shape index (κ1) is 14.0. The Morgan fingerprint density at radius 3 is 2.90 bits per heavy atom. The summed E-state index contributed by atoms with van der Waals surface area (Å²) in [5, 5.41) is 9.61. The number of hydrogen-bond acceptors (Lipinski definition) is 4. The molecule has 0 spiro atoms. The zero-order valence-electron chi connectivity index (χ0n) is 11.6. The zero-order valence-corrected chi connectivity index (χ0v) is 12.5. The van der Waals surface area contributed by atoms with E-state index in [1.807, 2.05) is 36.5 Å². The molecular formula is C15H18N4OS. The van der Waals surface area contributed by atoms with E-state index in [0.29, 0.717) is 11.0 Å². The van der Waals surface area contributed by atoms with Crippen LogP contribution in [-0.2, 0) is 0 Å². The van der Waals surface area contributed by atoms with Crippen LogP contribution in [0.4, 0.5) is 15.6 Å². The van der Waals surface area contributed by atoms with E-state index >= 15 is 0 Å². The standard InChI is InChI=1S/C15H18N4OS/c20-14(18-12-6-2-1-3-7-12)19-15-17-10-13(21-15)11-5-4-8-16-9-11/h1-3,6-7,10-11,16H,4-5,8-9H2,(H2,17,18,19,20). The number of benzene rings is 1. The highest BCUT2D eigenvalue weighted by Crippen LogP contribution is 2.30. The monoisotopic (exact) mass is 302 g/mol. The van der Waals surface area contributed by atoms with Gasteiger partial charge in [0.25, 0.3) is 0 Å². The van der Waals surface area contributed by atoms with E-state index in [2.05, 4.69) is 20.9 Å². The van der Waals surface area contributed by atoms with Crippen LogP contribution in [0.1, 0.15) is 23.6 Å². The number of carbonyl (C=O) groups excluding carboxylic acids is 1. The third-order valence-electron chi connectivity index (χ3n) is 3.47. The third-order valence-corrected chi connectivity index (χ3v) is 4.55. The molecule has 5 nitrogen and oxygen atoms in total. The SMILES string of the molecule is O=C(Nc1ccccc1)Nc1ncc(C2CCCNC2)s1. The molecule has 1 saturated heterocycles. The van der Waals surface area contributed by atoms with E-state index < -0.39 is 0 Å². The second-order valence-electron chi connectivity index (χ2n) is 5.06. The fourth-order valence-corrected chi connectivity index (χ4v) is 3.35. The number of rotatable bonds is 3. The maximum Gasteiger partial charge on any atom is 0.325 e. The minimum absolute atomic E-state index is 0.260. The second-order valence-corrected chi connectivity index (χ2v) is 6.12. The Labute approximate surface area is 127 Å². The van der Waals surface area contributed by atoms with Crippen molar-refractivity contribution < 1.29 is 4.79 Å². The first-order chi connectivity index (χ1) is 10.3. The Morgan fingerprint density at radius 2 is 2.14 bits per heavy atom. The molecule has 1 aliphatic heterocycles. The van der Waals surface area contributed by atoms with Gasteiger partial charge in [-0.25, -0.2) is 9.78 Å². The number of nitrogens with one attached hydrogen (secondary N) is 3. The van der Waals surface area contributed by atoms with Gasteiger partial charge in [0, 0.05) is 29.2 Å². The van der Waals surface area contributed by atoms with Crippen LogP contribution in [0, 0.1) is 0 Å². The van der Waals surface area contributed by atoms with Crippen molar-refractivity contribution in [1.82, 2.24) is 10.3 Å². The van der Waals surface area contributed by atoms with Gasteiger partial charge in [-0.1, -0.05) is 18.2 Å². The van der Waals surface area contributed by atoms with E-state index in [-0.39, 0.29) is 6.03 Å². The quantitative estimate of drug-likeness (QED) is 0.815. The van der Waals surface area contributed by atoms with Crippen LogP contribution < -0.4 is 16.0 Å². The largest absolute Gasteiger partial charge is 0.325 e. The highest BCUT2D eigenvalue weighted by molar-refractivity contribution is 7.15. The van der Waals surface area contributed by atoms with E-state index in [1.54, 1.807) is 11.3 Å². The molecule has 2 heterocycles. The summed E-state index contributed by atoms with van der Waals surface area (Å²) in [6, 6.07) is 9.11. The van der Waals surface area contributed by atoms with E-state index in [0.717, 1.165) is 18.8 Å². The number of urea groups is 1. The molecule has 0 saturated carbocycles. The van der Waals surface area contributed by atoms with Crippen molar-refractivity contribution in [3.8, 4) is 0 Å². The van der Waals surface area contributed by atoms with E-state index in [9.17, 15) is 4.79 Å². The minimum Gasteiger partial charge on any atom is -0.316 e. The first-order valence-electron chi connectivity index (χ1n) is 7.11. The summed E-state index contributed by atoms with van der Waals surface area (Å²) in [5.74, 6) is 0.518. The summed E-state index contributed by atoms with van der Waals surface area (Å²) < 4.78 is 0. The van der Waals surface area contributed by atoms with Crippen LogP contribution in [0.2, 0.25) is 0 Å². The second kappa shape index (κ2) is 6.69. The van der Waals surface area contributed by atoms with E-state index in [4.69, 9.17) is 0 Å². The Morgan fingerprint density at radius 1 is 1.29 bits per heavy atom. The molecule has 3 rings (SSSR count). The molecule has 3 N–H and O–H groups in total. The van der Waals surface area contributed by atoms with Crippen molar-refractivity contribution in [3.63, 3.8) is 0 Å². The summed E-state index contributed by atoms with van der Waals surface area (Å²) in [6.07, 6.45) is 4.26. The molecule has 110 valence electrons. The summed E-state index contributed by atoms with van der Waals surface area (Å²) in [7, 11) is 0. The zero-order chi connectivity index (χ0) is 14.5. The van der Waals surface area contributed by atoms with Gasteiger partial charge >= 0.3 is 6.03 Å². The Kier molecular flexibility index (Phi) is 4.47. The van der Waals surface area contributed by atoms with Crippen LogP contribution in [0.3, 0.4) is 0 Å². The van der Waals surface area contributed by atoms with Gasteiger partial charge in [-0.3, -0.25) is 5.32 Å².